The molecule has 2 aliphatic rings. The molecule has 128 valence electrons. The Bertz CT molecular complexity index is 472. The number of likely N-dealkylation sites (tertiary alicyclic amines) is 1. The van der Waals surface area contributed by atoms with Crippen LogP contribution in [0.25, 0.3) is 0 Å². The van der Waals surface area contributed by atoms with Gasteiger partial charge < -0.3 is 9.64 Å². The number of hydrogen-bond donors (Lipinski definition) is 0. The average Bonchev–Trinajstić information content (AvgIpc) is 2.53. The first-order chi connectivity index (χ1) is 10.4. The Balaban J connectivity index is 1.94. The zero-order valence-corrected chi connectivity index (χ0v) is 14.5. The summed E-state index contributed by atoms with van der Waals surface area (Å²) in [6, 6.07) is 0. The second-order valence-electron chi connectivity index (χ2n) is 6.51. The SMILES string of the molecule is COCCS(=O)(=O)N1CCCC(C(=O)N2CCC(C)CC2)C1. The summed E-state index contributed by atoms with van der Waals surface area (Å²) in [4.78, 5) is 14.6. The molecule has 2 fully saturated rings. The Hall–Kier alpha value is -0.660. The molecule has 1 atom stereocenters. The lowest BCUT2D eigenvalue weighted by Gasteiger charge is -2.36. The van der Waals surface area contributed by atoms with Crippen molar-refractivity contribution in [1.82, 2.24) is 9.21 Å². The molecule has 2 heterocycles. The summed E-state index contributed by atoms with van der Waals surface area (Å²) >= 11 is 0. The molecule has 0 saturated carbocycles. The number of piperidine rings is 2. The number of nitrogens with zero attached hydrogens (tertiary/aromatic N) is 2. The molecular formula is C15H28N2O4S. The normalized spacial score (nSPS) is 25.4. The fourth-order valence-electron chi connectivity index (χ4n) is 3.20. The van der Waals surface area contributed by atoms with E-state index >= 15 is 0 Å². The molecule has 6 nitrogen and oxygen atoms in total. The van der Waals surface area contributed by atoms with Gasteiger partial charge in [-0.3, -0.25) is 4.79 Å². The molecule has 0 bridgehead atoms. The van der Waals surface area contributed by atoms with E-state index in [9.17, 15) is 13.2 Å². The van der Waals surface area contributed by atoms with Gasteiger partial charge in [0.2, 0.25) is 15.9 Å². The van der Waals surface area contributed by atoms with Gasteiger partial charge in [0.25, 0.3) is 0 Å². The van der Waals surface area contributed by atoms with E-state index in [1.165, 1.54) is 11.4 Å². The summed E-state index contributed by atoms with van der Waals surface area (Å²) in [5, 5.41) is 0. The van der Waals surface area contributed by atoms with E-state index in [-0.39, 0.29) is 24.2 Å². The van der Waals surface area contributed by atoms with Crippen molar-refractivity contribution in [3.63, 3.8) is 0 Å². The highest BCUT2D eigenvalue weighted by Gasteiger charge is 2.34. The number of carbonyl (C=O) groups excluding carboxylic acids is 1. The highest BCUT2D eigenvalue weighted by Crippen LogP contribution is 2.24. The fraction of sp³-hybridized carbons (Fsp3) is 0.933. The van der Waals surface area contributed by atoms with Crippen LogP contribution >= 0.6 is 0 Å². The second kappa shape index (κ2) is 7.75. The van der Waals surface area contributed by atoms with Crippen molar-refractivity contribution in [1.29, 1.82) is 0 Å². The molecule has 0 aliphatic carbocycles. The van der Waals surface area contributed by atoms with Crippen LogP contribution in [0.3, 0.4) is 0 Å². The Morgan fingerprint density at radius 2 is 1.86 bits per heavy atom. The lowest BCUT2D eigenvalue weighted by molar-refractivity contribution is -0.138. The third kappa shape index (κ3) is 4.43. The van der Waals surface area contributed by atoms with Gasteiger partial charge in [0.15, 0.2) is 0 Å². The van der Waals surface area contributed by atoms with E-state index in [2.05, 4.69) is 6.92 Å². The zero-order valence-electron chi connectivity index (χ0n) is 13.7. The van der Waals surface area contributed by atoms with Crippen LogP contribution in [0, 0.1) is 11.8 Å². The van der Waals surface area contributed by atoms with Crippen LogP contribution in [-0.2, 0) is 19.6 Å². The van der Waals surface area contributed by atoms with Crippen LogP contribution in [0.2, 0.25) is 0 Å². The number of amides is 1. The Kier molecular flexibility index (Phi) is 6.23. The molecule has 0 aromatic carbocycles. The van der Waals surface area contributed by atoms with Crippen molar-refractivity contribution in [2.75, 3.05) is 45.6 Å². The molecule has 2 saturated heterocycles. The Morgan fingerprint density at radius 3 is 2.50 bits per heavy atom. The van der Waals surface area contributed by atoms with Crippen LogP contribution in [0.1, 0.15) is 32.6 Å². The molecule has 0 aromatic heterocycles. The van der Waals surface area contributed by atoms with Gasteiger partial charge in [0.1, 0.15) is 0 Å². The number of methoxy groups -OCH3 is 1. The van der Waals surface area contributed by atoms with E-state index in [0.717, 1.165) is 38.8 Å². The predicted octanol–water partition coefficient (Wildman–Crippen LogP) is 0.933. The molecule has 22 heavy (non-hydrogen) atoms. The van der Waals surface area contributed by atoms with E-state index in [0.29, 0.717) is 19.0 Å². The van der Waals surface area contributed by atoms with Crippen LogP contribution < -0.4 is 0 Å². The molecule has 0 spiro atoms. The molecule has 2 aliphatic heterocycles. The second-order valence-corrected chi connectivity index (χ2v) is 8.60. The minimum absolute atomic E-state index is 0.00829. The van der Waals surface area contributed by atoms with Crippen LogP contribution in [0.5, 0.6) is 0 Å². The van der Waals surface area contributed by atoms with E-state index < -0.39 is 10.0 Å². The van der Waals surface area contributed by atoms with Crippen LogP contribution in [0.4, 0.5) is 0 Å². The summed E-state index contributed by atoms with van der Waals surface area (Å²) in [7, 11) is -1.82. The van der Waals surface area contributed by atoms with Crippen LogP contribution in [-0.4, -0.2) is 69.2 Å². The van der Waals surface area contributed by atoms with Gasteiger partial charge in [-0.1, -0.05) is 6.92 Å². The van der Waals surface area contributed by atoms with Crippen LogP contribution in [0.15, 0.2) is 0 Å². The number of rotatable bonds is 5. The topological polar surface area (TPSA) is 66.9 Å². The monoisotopic (exact) mass is 332 g/mol. The number of sulfonamides is 1. The van der Waals surface area contributed by atoms with E-state index in [1.54, 1.807) is 0 Å². The molecule has 0 aromatic rings. The largest absolute Gasteiger partial charge is 0.384 e. The maximum absolute atomic E-state index is 12.6. The highest BCUT2D eigenvalue weighted by atomic mass is 32.2. The Morgan fingerprint density at radius 1 is 1.18 bits per heavy atom. The van der Waals surface area contributed by atoms with E-state index in [4.69, 9.17) is 4.74 Å². The zero-order chi connectivity index (χ0) is 16.2. The molecule has 0 N–H and O–H groups in total. The van der Waals surface area contributed by atoms with Crippen molar-refractivity contribution in [2.24, 2.45) is 11.8 Å². The number of hydrogen-bond acceptors (Lipinski definition) is 4. The summed E-state index contributed by atoms with van der Waals surface area (Å²) in [5.74, 6) is 0.630. The van der Waals surface area contributed by atoms with Gasteiger partial charge >= 0.3 is 0 Å². The van der Waals surface area contributed by atoms with Crippen molar-refractivity contribution >= 4 is 15.9 Å². The maximum Gasteiger partial charge on any atom is 0.227 e. The van der Waals surface area contributed by atoms with Gasteiger partial charge in [-0.2, -0.15) is 0 Å². The molecular weight excluding hydrogens is 304 g/mol. The molecule has 1 amide bonds. The standard InChI is InChI=1S/C15H28N2O4S/c1-13-5-8-16(9-6-13)15(18)14-4-3-7-17(12-14)22(19,20)11-10-21-2/h13-14H,3-12H2,1-2H3. The molecule has 0 radical (unpaired) electrons. The molecule has 7 heteroatoms. The van der Waals surface area contributed by atoms with Gasteiger partial charge in [0.05, 0.1) is 18.3 Å². The summed E-state index contributed by atoms with van der Waals surface area (Å²) in [6.45, 7) is 4.89. The smallest absolute Gasteiger partial charge is 0.227 e. The first-order valence-electron chi connectivity index (χ1n) is 8.19. The van der Waals surface area contributed by atoms with Gasteiger partial charge in [-0.15, -0.1) is 0 Å². The van der Waals surface area contributed by atoms with Crippen molar-refractivity contribution in [2.45, 2.75) is 32.6 Å². The van der Waals surface area contributed by atoms with Crippen molar-refractivity contribution in [3.8, 4) is 0 Å². The lowest BCUT2D eigenvalue weighted by Crippen LogP contribution is -2.49. The third-order valence-electron chi connectivity index (χ3n) is 4.77. The van der Waals surface area contributed by atoms with Gasteiger partial charge in [-0.25, -0.2) is 12.7 Å². The minimum atomic E-state index is -3.31. The van der Waals surface area contributed by atoms with Crippen molar-refractivity contribution in [3.05, 3.63) is 0 Å². The minimum Gasteiger partial charge on any atom is -0.384 e. The lowest BCUT2D eigenvalue weighted by atomic mass is 9.94. The Labute approximate surface area is 133 Å². The summed E-state index contributed by atoms with van der Waals surface area (Å²) < 4.78 is 30.8. The fourth-order valence-corrected chi connectivity index (χ4v) is 4.65. The molecule has 2 rings (SSSR count). The average molecular weight is 332 g/mol. The van der Waals surface area contributed by atoms with Crippen molar-refractivity contribution < 1.29 is 17.9 Å². The highest BCUT2D eigenvalue weighted by molar-refractivity contribution is 7.89. The first kappa shape index (κ1) is 17.7. The van der Waals surface area contributed by atoms with Gasteiger partial charge in [-0.05, 0) is 31.6 Å². The van der Waals surface area contributed by atoms with Gasteiger partial charge in [0, 0.05) is 33.3 Å². The summed E-state index contributed by atoms with van der Waals surface area (Å²) in [6.07, 6.45) is 3.65. The molecule has 1 unspecified atom stereocenters. The first-order valence-corrected chi connectivity index (χ1v) is 9.80. The number of carbonyl (C=O) groups is 1. The maximum atomic E-state index is 12.6. The van der Waals surface area contributed by atoms with E-state index in [1.807, 2.05) is 4.90 Å². The number of ether oxygens (including phenoxy) is 1. The third-order valence-corrected chi connectivity index (χ3v) is 6.57. The summed E-state index contributed by atoms with van der Waals surface area (Å²) in [5.41, 5.74) is 0. The quantitative estimate of drug-likeness (QED) is 0.751. The predicted molar refractivity (Wildman–Crippen MR) is 84.9 cm³/mol.